The number of carbonyl (C=O) groups excluding carboxylic acids is 1. The van der Waals surface area contributed by atoms with Crippen LogP contribution in [0.3, 0.4) is 0 Å². The van der Waals surface area contributed by atoms with Crippen LogP contribution in [0.4, 0.5) is 0 Å². The number of rotatable bonds is 9. The molecular weight excluding hydrogens is 350 g/mol. The average Bonchev–Trinajstić information content (AvgIpc) is 2.61. The van der Waals surface area contributed by atoms with Crippen LogP contribution >= 0.6 is 0 Å². The number of ether oxygens (including phenoxy) is 1. The van der Waals surface area contributed by atoms with Gasteiger partial charge in [-0.25, -0.2) is 13.1 Å². The Bertz CT molecular complexity index is 801. The van der Waals surface area contributed by atoms with Gasteiger partial charge in [-0.3, -0.25) is 4.79 Å². The molecule has 0 aliphatic heterocycles. The molecule has 0 aliphatic rings. The molecule has 0 saturated heterocycles. The Balaban J connectivity index is 2.11. The molecule has 0 aromatic heterocycles. The largest absolute Gasteiger partial charge is 0.466 e. The summed E-state index contributed by atoms with van der Waals surface area (Å²) >= 11 is 0. The summed E-state index contributed by atoms with van der Waals surface area (Å²) in [6.45, 7) is 3.90. The molecule has 2 aromatic carbocycles. The number of aryl methyl sites for hydroxylation is 2. The minimum atomic E-state index is -3.70. The van der Waals surface area contributed by atoms with Crippen molar-refractivity contribution in [1.82, 2.24) is 4.72 Å². The molecule has 0 heterocycles. The van der Waals surface area contributed by atoms with Gasteiger partial charge in [-0.2, -0.15) is 0 Å². The van der Waals surface area contributed by atoms with Gasteiger partial charge in [0.1, 0.15) is 0 Å². The van der Waals surface area contributed by atoms with Crippen LogP contribution in [0.5, 0.6) is 0 Å². The number of carbonyl (C=O) groups is 1. The van der Waals surface area contributed by atoms with Crippen molar-refractivity contribution in [2.45, 2.75) is 44.0 Å². The zero-order valence-electron chi connectivity index (χ0n) is 15.1. The Morgan fingerprint density at radius 3 is 2.35 bits per heavy atom. The fraction of sp³-hybridized carbons (Fsp3) is 0.350. The number of sulfonamides is 1. The lowest BCUT2D eigenvalue weighted by Crippen LogP contribution is -2.37. The minimum absolute atomic E-state index is 0.00572. The molecule has 1 N–H and O–H groups in total. The monoisotopic (exact) mass is 375 g/mol. The van der Waals surface area contributed by atoms with E-state index >= 15 is 0 Å². The molecule has 0 amide bonds. The molecule has 2 rings (SSSR count). The summed E-state index contributed by atoms with van der Waals surface area (Å²) in [6.07, 6.45) is 1.18. The molecular formula is C20H25NO4S. The molecule has 1 atom stereocenters. The van der Waals surface area contributed by atoms with Crippen LogP contribution in [-0.4, -0.2) is 27.0 Å². The Morgan fingerprint density at radius 2 is 1.73 bits per heavy atom. The summed E-state index contributed by atoms with van der Waals surface area (Å²) in [4.78, 5) is 12.1. The molecule has 0 fully saturated rings. The molecule has 5 nitrogen and oxygen atoms in total. The van der Waals surface area contributed by atoms with Crippen molar-refractivity contribution >= 4 is 16.0 Å². The molecule has 140 valence electrons. The fourth-order valence-electron chi connectivity index (χ4n) is 2.61. The summed E-state index contributed by atoms with van der Waals surface area (Å²) in [7, 11) is -3.70. The van der Waals surface area contributed by atoms with Gasteiger partial charge in [0.25, 0.3) is 0 Å². The summed E-state index contributed by atoms with van der Waals surface area (Å²) in [5, 5.41) is 0. The van der Waals surface area contributed by atoms with Crippen molar-refractivity contribution in [3.05, 3.63) is 65.7 Å². The molecule has 26 heavy (non-hydrogen) atoms. The highest BCUT2D eigenvalue weighted by Crippen LogP contribution is 2.14. The first kappa shape index (κ1) is 20.1. The van der Waals surface area contributed by atoms with E-state index < -0.39 is 22.0 Å². The van der Waals surface area contributed by atoms with Crippen molar-refractivity contribution in [1.29, 1.82) is 0 Å². The van der Waals surface area contributed by atoms with Gasteiger partial charge in [-0.05, 0) is 44.4 Å². The van der Waals surface area contributed by atoms with Gasteiger partial charge in [0, 0.05) is 6.04 Å². The van der Waals surface area contributed by atoms with Crippen LogP contribution in [-0.2, 0) is 26.0 Å². The smallest absolute Gasteiger partial charge is 0.307 e. The van der Waals surface area contributed by atoms with Gasteiger partial charge < -0.3 is 4.74 Å². The van der Waals surface area contributed by atoms with Gasteiger partial charge in [0.15, 0.2) is 0 Å². The lowest BCUT2D eigenvalue weighted by atomic mass is 10.0. The van der Waals surface area contributed by atoms with Crippen molar-refractivity contribution in [2.24, 2.45) is 0 Å². The number of esters is 1. The molecule has 2 aromatic rings. The molecule has 0 saturated carbocycles. The summed E-state index contributed by atoms with van der Waals surface area (Å²) < 4.78 is 32.9. The molecule has 0 spiro atoms. The highest BCUT2D eigenvalue weighted by Gasteiger charge is 2.22. The van der Waals surface area contributed by atoms with E-state index in [-0.39, 0.29) is 17.9 Å². The Hall–Kier alpha value is -2.18. The fourth-order valence-corrected chi connectivity index (χ4v) is 3.88. The second kappa shape index (κ2) is 9.50. The van der Waals surface area contributed by atoms with E-state index in [1.807, 2.05) is 37.3 Å². The van der Waals surface area contributed by atoms with E-state index in [1.165, 1.54) is 0 Å². The predicted molar refractivity (Wildman–Crippen MR) is 101 cm³/mol. The van der Waals surface area contributed by atoms with Crippen molar-refractivity contribution in [2.75, 3.05) is 6.61 Å². The van der Waals surface area contributed by atoms with Crippen LogP contribution < -0.4 is 4.72 Å². The SMILES string of the molecule is CCOC(=O)CC(CCc1ccccc1)NS(=O)(=O)c1ccc(C)cc1. The van der Waals surface area contributed by atoms with E-state index in [4.69, 9.17) is 4.74 Å². The van der Waals surface area contributed by atoms with E-state index in [2.05, 4.69) is 4.72 Å². The topological polar surface area (TPSA) is 72.5 Å². The third-order valence-corrected chi connectivity index (χ3v) is 5.53. The lowest BCUT2D eigenvalue weighted by molar-refractivity contribution is -0.143. The molecule has 0 radical (unpaired) electrons. The van der Waals surface area contributed by atoms with Gasteiger partial charge in [0.05, 0.1) is 17.9 Å². The standard InChI is InChI=1S/C20H25NO4S/c1-3-25-20(22)15-18(12-11-17-7-5-4-6-8-17)21-26(23,24)19-13-9-16(2)10-14-19/h4-10,13-14,18,21H,3,11-12,15H2,1-2H3. The normalized spacial score (nSPS) is 12.5. The Morgan fingerprint density at radius 1 is 1.08 bits per heavy atom. The maximum Gasteiger partial charge on any atom is 0.307 e. The minimum Gasteiger partial charge on any atom is -0.466 e. The Labute approximate surface area is 155 Å². The average molecular weight is 375 g/mol. The van der Waals surface area contributed by atoms with Crippen LogP contribution in [0.1, 0.15) is 30.9 Å². The third kappa shape index (κ3) is 6.28. The van der Waals surface area contributed by atoms with E-state index in [0.717, 1.165) is 11.1 Å². The summed E-state index contributed by atoms with van der Waals surface area (Å²) in [5.74, 6) is -0.405. The van der Waals surface area contributed by atoms with Crippen molar-refractivity contribution < 1.29 is 17.9 Å². The number of hydrogen-bond donors (Lipinski definition) is 1. The second-order valence-corrected chi connectivity index (χ2v) is 7.88. The highest BCUT2D eigenvalue weighted by molar-refractivity contribution is 7.89. The van der Waals surface area contributed by atoms with Crippen molar-refractivity contribution in [3.63, 3.8) is 0 Å². The molecule has 0 bridgehead atoms. The van der Waals surface area contributed by atoms with Gasteiger partial charge in [-0.15, -0.1) is 0 Å². The first-order chi connectivity index (χ1) is 12.4. The Kier molecular flexibility index (Phi) is 7.36. The number of hydrogen-bond acceptors (Lipinski definition) is 4. The molecule has 0 aliphatic carbocycles. The molecule has 1 unspecified atom stereocenters. The van der Waals surface area contributed by atoms with Crippen LogP contribution in [0, 0.1) is 6.92 Å². The van der Waals surface area contributed by atoms with Crippen molar-refractivity contribution in [3.8, 4) is 0 Å². The third-order valence-electron chi connectivity index (χ3n) is 4.00. The molecule has 6 heteroatoms. The van der Waals surface area contributed by atoms with Gasteiger partial charge in [-0.1, -0.05) is 48.0 Å². The number of nitrogens with one attached hydrogen (secondary N) is 1. The van der Waals surface area contributed by atoms with Crippen LogP contribution in [0.2, 0.25) is 0 Å². The first-order valence-corrected chi connectivity index (χ1v) is 10.2. The zero-order valence-corrected chi connectivity index (χ0v) is 16.0. The lowest BCUT2D eigenvalue weighted by Gasteiger charge is -2.18. The zero-order chi connectivity index (χ0) is 19.0. The van der Waals surface area contributed by atoms with Crippen LogP contribution in [0.25, 0.3) is 0 Å². The maximum absolute atomic E-state index is 12.6. The maximum atomic E-state index is 12.6. The van der Waals surface area contributed by atoms with Crippen LogP contribution in [0.15, 0.2) is 59.5 Å². The van der Waals surface area contributed by atoms with Gasteiger partial charge in [0.2, 0.25) is 10.0 Å². The summed E-state index contributed by atoms with van der Waals surface area (Å²) in [6, 6.07) is 15.9. The predicted octanol–water partition coefficient (Wildman–Crippen LogP) is 3.23. The second-order valence-electron chi connectivity index (χ2n) is 6.16. The van der Waals surface area contributed by atoms with E-state index in [9.17, 15) is 13.2 Å². The van der Waals surface area contributed by atoms with E-state index in [1.54, 1.807) is 31.2 Å². The number of benzene rings is 2. The van der Waals surface area contributed by atoms with E-state index in [0.29, 0.717) is 12.8 Å². The van der Waals surface area contributed by atoms with Gasteiger partial charge >= 0.3 is 5.97 Å². The summed E-state index contributed by atoms with van der Waals surface area (Å²) in [5.41, 5.74) is 2.08. The quantitative estimate of drug-likeness (QED) is 0.683. The highest BCUT2D eigenvalue weighted by atomic mass is 32.2. The first-order valence-electron chi connectivity index (χ1n) is 8.69.